The molecular formula is C28H30F16Ge2O2. The fourth-order valence-corrected chi connectivity index (χ4v) is 18.2. The van der Waals surface area contributed by atoms with Crippen LogP contribution >= 0.6 is 0 Å². The van der Waals surface area contributed by atoms with Crippen LogP contribution in [0.25, 0.3) is 0 Å². The third-order valence-electron chi connectivity index (χ3n) is 9.02. The van der Waals surface area contributed by atoms with Gasteiger partial charge in [-0.2, -0.15) is 0 Å². The van der Waals surface area contributed by atoms with Gasteiger partial charge in [0.2, 0.25) is 0 Å². The summed E-state index contributed by atoms with van der Waals surface area (Å²) in [6.45, 7) is 6.38. The molecule has 2 atom stereocenters. The Balaban J connectivity index is 3.85. The van der Waals surface area contributed by atoms with Gasteiger partial charge in [-0.05, 0) is 0 Å². The van der Waals surface area contributed by atoms with Crippen LogP contribution in [0.5, 0.6) is 0 Å². The van der Waals surface area contributed by atoms with Gasteiger partial charge in [-0.3, -0.25) is 0 Å². The molecule has 20 heteroatoms. The first-order valence-corrected chi connectivity index (χ1v) is 25.1. The van der Waals surface area contributed by atoms with E-state index in [2.05, 4.69) is 0 Å². The molecule has 0 aliphatic rings. The Hall–Kier alpha value is -1.67. The molecule has 2 rings (SSSR count). The van der Waals surface area contributed by atoms with Gasteiger partial charge in [0.05, 0.1) is 0 Å². The van der Waals surface area contributed by atoms with Gasteiger partial charge in [0.15, 0.2) is 0 Å². The molecule has 0 fully saturated rings. The zero-order chi connectivity index (χ0) is 37.6. The van der Waals surface area contributed by atoms with E-state index in [1.54, 1.807) is 0 Å². The normalized spacial score (nSPS) is 15.9. The van der Waals surface area contributed by atoms with Crippen LogP contribution in [0.15, 0.2) is 0 Å². The van der Waals surface area contributed by atoms with Crippen molar-refractivity contribution in [3.05, 3.63) is 69.3 Å². The second-order valence-electron chi connectivity index (χ2n) is 10.9. The molecular weight excluding hydrogens is 817 g/mol. The molecule has 0 heterocycles. The molecule has 0 saturated heterocycles. The summed E-state index contributed by atoms with van der Waals surface area (Å²) in [5.41, 5.74) is -19.3. The Morgan fingerprint density at radius 3 is 0.667 bits per heavy atom. The summed E-state index contributed by atoms with van der Waals surface area (Å²) < 4.78 is 257. The van der Waals surface area contributed by atoms with Gasteiger partial charge in [0, 0.05) is 0 Å². The van der Waals surface area contributed by atoms with Gasteiger partial charge in [0.25, 0.3) is 0 Å². The average molecular weight is 848 g/mol. The average Bonchev–Trinajstić information content (AvgIpc) is 3.03. The molecule has 0 bridgehead atoms. The van der Waals surface area contributed by atoms with Crippen LogP contribution < -0.4 is 0 Å². The molecule has 0 spiro atoms. The Labute approximate surface area is 270 Å². The van der Waals surface area contributed by atoms with Gasteiger partial charge in [-0.1, -0.05) is 0 Å². The zero-order valence-electron chi connectivity index (χ0n) is 26.1. The number of hydrogen-bond donors (Lipinski definition) is 0. The summed E-state index contributed by atoms with van der Waals surface area (Å²) in [6.07, 6.45) is -14.3. The van der Waals surface area contributed by atoms with Gasteiger partial charge >= 0.3 is 271 Å². The molecule has 0 aliphatic heterocycles. The quantitative estimate of drug-likeness (QED) is 0.0865. The van der Waals surface area contributed by atoms with Crippen molar-refractivity contribution in [2.75, 3.05) is 0 Å². The fraction of sp³-hybridized carbons (Fsp3) is 0.571. The van der Waals surface area contributed by atoms with E-state index in [0.29, 0.717) is 0 Å². The van der Waals surface area contributed by atoms with Crippen LogP contribution in [0, 0.1) is 58.2 Å². The van der Waals surface area contributed by atoms with Crippen LogP contribution in [0.2, 0.25) is 31.5 Å². The minimum absolute atomic E-state index is 0.632. The summed E-state index contributed by atoms with van der Waals surface area (Å²) in [7, 11) is 0. The molecule has 2 unspecified atom stereocenters. The van der Waals surface area contributed by atoms with Crippen molar-refractivity contribution in [2.24, 2.45) is 0 Å². The zero-order valence-corrected chi connectivity index (χ0v) is 30.3. The first kappa shape index (κ1) is 42.5. The second-order valence-corrected chi connectivity index (χ2v) is 30.6. The van der Waals surface area contributed by atoms with Crippen molar-refractivity contribution in [3.63, 3.8) is 0 Å². The van der Waals surface area contributed by atoms with Crippen LogP contribution in [0.4, 0.5) is 70.2 Å². The number of rotatable bonds is 13. The number of hydrogen-bond acceptors (Lipinski definition) is 2. The minimum atomic E-state index is -7.14. The van der Waals surface area contributed by atoms with E-state index in [1.165, 1.54) is 0 Å². The Kier molecular flexibility index (Phi) is 12.9. The summed E-state index contributed by atoms with van der Waals surface area (Å²) in [5.74, 6) is -33.5. The molecule has 2 aromatic carbocycles. The van der Waals surface area contributed by atoms with E-state index in [1.807, 2.05) is 0 Å². The van der Waals surface area contributed by atoms with Crippen LogP contribution in [0.1, 0.15) is 52.7 Å². The van der Waals surface area contributed by atoms with Crippen molar-refractivity contribution < 1.29 is 77.8 Å². The predicted molar refractivity (Wildman–Crippen MR) is 144 cm³/mol. The van der Waals surface area contributed by atoms with Crippen LogP contribution in [-0.2, 0) is 18.7 Å². The summed E-state index contributed by atoms with van der Waals surface area (Å²) in [5, 5.41) is -3.79. The first-order chi connectivity index (χ1) is 21.9. The number of halogens is 16. The van der Waals surface area contributed by atoms with E-state index < -0.39 is 152 Å². The molecule has 0 aliphatic carbocycles. The Morgan fingerprint density at radius 2 is 0.521 bits per heavy atom. The van der Waals surface area contributed by atoms with Gasteiger partial charge in [-0.15, -0.1) is 0 Å². The second kappa shape index (κ2) is 14.5. The molecule has 0 radical (unpaired) electrons. The van der Waals surface area contributed by atoms with E-state index in [4.69, 9.17) is 7.53 Å². The van der Waals surface area contributed by atoms with Gasteiger partial charge in [-0.25, -0.2) is 0 Å². The third-order valence-corrected chi connectivity index (χ3v) is 28.3. The topological polar surface area (TPSA) is 18.5 Å². The van der Waals surface area contributed by atoms with Crippen molar-refractivity contribution in [1.29, 1.82) is 0 Å². The predicted octanol–water partition coefficient (Wildman–Crippen LogP) is 11.3. The number of alkyl halides is 6. The maximum absolute atomic E-state index is 16.0. The SMILES string of the molecule is C[CH2][Ge]([CH2]C)([CH2]C)[O]C(c1c(F)c(F)c(F)c(F)c1F)(C(F)(F)F)C([O][Ge]([CH2]C)([CH2]C)[CH2]C)(c1c(F)c(F)c(F)c(F)c1F)C(F)(F)F. The van der Waals surface area contributed by atoms with Gasteiger partial charge in [0.1, 0.15) is 0 Å². The molecule has 0 N–H and O–H groups in total. The molecule has 2 aromatic rings. The summed E-state index contributed by atoms with van der Waals surface area (Å²) in [6, 6.07) is 0. The van der Waals surface area contributed by atoms with E-state index in [9.17, 15) is 26.3 Å². The fourth-order valence-electron chi connectivity index (χ4n) is 5.81. The van der Waals surface area contributed by atoms with E-state index in [-0.39, 0.29) is 0 Å². The summed E-state index contributed by atoms with van der Waals surface area (Å²) in [4.78, 5) is 0. The van der Waals surface area contributed by atoms with Crippen LogP contribution in [-0.4, -0.2) is 39.6 Å². The Bertz CT molecular complexity index is 1320. The molecule has 0 saturated carbocycles. The number of benzene rings is 2. The van der Waals surface area contributed by atoms with Crippen molar-refractivity contribution >= 4 is 27.2 Å². The van der Waals surface area contributed by atoms with E-state index >= 15 is 43.9 Å². The third kappa shape index (κ3) is 6.26. The molecule has 48 heavy (non-hydrogen) atoms. The molecule has 0 aromatic heterocycles. The van der Waals surface area contributed by atoms with Crippen LogP contribution in [0.3, 0.4) is 0 Å². The molecule has 2 nitrogen and oxygen atoms in total. The molecule has 274 valence electrons. The van der Waals surface area contributed by atoms with E-state index in [0.717, 1.165) is 41.5 Å². The maximum atomic E-state index is 16.0. The Morgan fingerprint density at radius 1 is 0.354 bits per heavy atom. The van der Waals surface area contributed by atoms with Crippen molar-refractivity contribution in [3.8, 4) is 0 Å². The monoisotopic (exact) mass is 850 g/mol. The standard InChI is InChI=1S/C28H30F16Ge2O2/c1-7-45(8-2,9-3)47-25(27(39,40)41,13-15(29)19(33)23(37)20(34)16(13)30)26(28(42,43)44,48-46(10-4,11-5)12-6)14-17(31)21(35)24(38)22(36)18(14)32/h7-12H2,1-6H3. The first-order valence-electron chi connectivity index (χ1n) is 14.5. The van der Waals surface area contributed by atoms with Crippen molar-refractivity contribution in [2.45, 2.75) is 96.6 Å². The van der Waals surface area contributed by atoms with Crippen molar-refractivity contribution in [1.82, 2.24) is 0 Å². The van der Waals surface area contributed by atoms with Gasteiger partial charge < -0.3 is 0 Å². The molecule has 0 amide bonds. The summed E-state index contributed by atoms with van der Waals surface area (Å²) >= 11 is -10.8.